The Morgan fingerprint density at radius 3 is 2.31 bits per heavy atom. The molecule has 2 aromatic rings. The summed E-state index contributed by atoms with van der Waals surface area (Å²) >= 11 is 0. The summed E-state index contributed by atoms with van der Waals surface area (Å²) in [4.78, 5) is 4.48. The van der Waals surface area contributed by atoms with Crippen LogP contribution in [0.4, 0.5) is 0 Å². The van der Waals surface area contributed by atoms with Gasteiger partial charge in [-0.2, -0.15) is 0 Å². The molecule has 86 valence electrons. The van der Waals surface area contributed by atoms with E-state index in [0.717, 1.165) is 11.5 Å². The van der Waals surface area contributed by atoms with Gasteiger partial charge in [-0.05, 0) is 19.9 Å². The summed E-state index contributed by atoms with van der Waals surface area (Å²) in [5, 5.41) is 0. The second-order valence-corrected chi connectivity index (χ2v) is 3.65. The van der Waals surface area contributed by atoms with Gasteiger partial charge in [0.05, 0.1) is 5.69 Å². The van der Waals surface area contributed by atoms with Crippen LogP contribution in [0, 0.1) is 13.8 Å². The maximum atomic E-state index is 4.48. The molecule has 0 saturated carbocycles. The molecule has 1 heterocycles. The highest BCUT2D eigenvalue weighted by Crippen LogP contribution is 2.18. The van der Waals surface area contributed by atoms with Crippen LogP contribution in [0.25, 0.3) is 11.3 Å². The molecule has 0 amide bonds. The van der Waals surface area contributed by atoms with Crippen LogP contribution < -0.4 is 0 Å². The van der Waals surface area contributed by atoms with Gasteiger partial charge in [-0.25, -0.2) is 4.98 Å². The van der Waals surface area contributed by atoms with Crippen LogP contribution in [0.15, 0.2) is 30.5 Å². The summed E-state index contributed by atoms with van der Waals surface area (Å²) in [6.07, 6.45) is 2.06. The summed E-state index contributed by atoms with van der Waals surface area (Å²) in [5.74, 6) is 1.04. The Kier molecular flexibility index (Phi) is 4.29. The Morgan fingerprint density at radius 2 is 1.81 bits per heavy atom. The second-order valence-electron chi connectivity index (χ2n) is 3.65. The van der Waals surface area contributed by atoms with Crippen molar-refractivity contribution in [1.29, 1.82) is 0 Å². The van der Waals surface area contributed by atoms with Crippen molar-refractivity contribution in [2.75, 3.05) is 0 Å². The predicted molar refractivity (Wildman–Crippen MR) is 69.5 cm³/mol. The fourth-order valence-electron chi connectivity index (χ4n) is 1.50. The number of hydrogen-bond acceptors (Lipinski definition) is 1. The summed E-state index contributed by atoms with van der Waals surface area (Å²) in [6, 6.07) is 8.41. The van der Waals surface area contributed by atoms with E-state index in [1.165, 1.54) is 11.1 Å². The maximum absolute atomic E-state index is 4.48. The number of benzene rings is 1. The van der Waals surface area contributed by atoms with E-state index >= 15 is 0 Å². The molecule has 0 aliphatic carbocycles. The van der Waals surface area contributed by atoms with Gasteiger partial charge < -0.3 is 4.57 Å². The molecule has 2 rings (SSSR count). The Bertz CT molecular complexity index is 436. The van der Waals surface area contributed by atoms with E-state index in [0.29, 0.717) is 0 Å². The third-order valence-electron chi connectivity index (χ3n) is 2.42. The van der Waals surface area contributed by atoms with Crippen LogP contribution in [-0.4, -0.2) is 9.55 Å². The Balaban J connectivity index is 0.000000606. The second kappa shape index (κ2) is 5.50. The molecule has 0 atom stereocenters. The Labute approximate surface area is 98.0 Å². The van der Waals surface area contributed by atoms with E-state index in [-0.39, 0.29) is 0 Å². The molecule has 0 aliphatic heterocycles. The molecule has 0 radical (unpaired) electrons. The third kappa shape index (κ3) is 2.72. The van der Waals surface area contributed by atoms with Crippen LogP contribution in [0.1, 0.15) is 25.2 Å². The molecule has 0 N–H and O–H groups in total. The van der Waals surface area contributed by atoms with Crippen LogP contribution in [0.2, 0.25) is 0 Å². The van der Waals surface area contributed by atoms with Crippen molar-refractivity contribution >= 4 is 0 Å². The predicted octanol–water partition coefficient (Wildman–Crippen LogP) is 3.73. The Hall–Kier alpha value is -1.57. The molecular weight excluding hydrogens is 196 g/mol. The van der Waals surface area contributed by atoms with Crippen molar-refractivity contribution in [3.63, 3.8) is 0 Å². The van der Waals surface area contributed by atoms with Gasteiger partial charge >= 0.3 is 0 Å². The summed E-state index contributed by atoms with van der Waals surface area (Å²) in [5.41, 5.74) is 3.51. The highest BCUT2D eigenvalue weighted by atomic mass is 15.0. The third-order valence-corrected chi connectivity index (χ3v) is 2.42. The van der Waals surface area contributed by atoms with Crippen molar-refractivity contribution in [3.8, 4) is 11.3 Å². The normalized spacial score (nSPS) is 9.56. The van der Waals surface area contributed by atoms with Crippen LogP contribution in [0.5, 0.6) is 0 Å². The number of rotatable bonds is 1. The first kappa shape index (κ1) is 12.5. The van der Waals surface area contributed by atoms with E-state index in [9.17, 15) is 0 Å². The lowest BCUT2D eigenvalue weighted by molar-refractivity contribution is 0.858. The van der Waals surface area contributed by atoms with Crippen molar-refractivity contribution in [3.05, 3.63) is 41.9 Å². The minimum absolute atomic E-state index is 1.04. The lowest BCUT2D eigenvalue weighted by atomic mass is 10.1. The first-order valence-corrected chi connectivity index (χ1v) is 5.74. The molecule has 0 unspecified atom stereocenters. The van der Waals surface area contributed by atoms with Crippen LogP contribution in [0.3, 0.4) is 0 Å². The van der Waals surface area contributed by atoms with Crippen molar-refractivity contribution < 1.29 is 0 Å². The average molecular weight is 216 g/mol. The summed E-state index contributed by atoms with van der Waals surface area (Å²) in [6.45, 7) is 8.11. The van der Waals surface area contributed by atoms with Crippen LogP contribution >= 0.6 is 0 Å². The molecule has 1 aromatic carbocycles. The van der Waals surface area contributed by atoms with Crippen molar-refractivity contribution in [1.82, 2.24) is 9.55 Å². The van der Waals surface area contributed by atoms with Gasteiger partial charge in [0.15, 0.2) is 0 Å². The SMILES string of the molecule is CC.Cc1cccc(-c2cn(C)c(C)n2)c1. The number of nitrogens with zero attached hydrogens (tertiary/aromatic N) is 2. The van der Waals surface area contributed by atoms with Gasteiger partial charge in [0.1, 0.15) is 5.82 Å². The first-order chi connectivity index (χ1) is 7.66. The minimum Gasteiger partial charge on any atom is -0.338 e. The van der Waals surface area contributed by atoms with Crippen molar-refractivity contribution in [2.24, 2.45) is 7.05 Å². The number of aromatic nitrogens is 2. The van der Waals surface area contributed by atoms with Crippen LogP contribution in [-0.2, 0) is 7.05 Å². The highest BCUT2D eigenvalue weighted by molar-refractivity contribution is 5.59. The number of hydrogen-bond donors (Lipinski definition) is 0. The maximum Gasteiger partial charge on any atom is 0.105 e. The summed E-state index contributed by atoms with van der Waals surface area (Å²) < 4.78 is 2.04. The lowest BCUT2D eigenvalue weighted by Crippen LogP contribution is -1.86. The summed E-state index contributed by atoms with van der Waals surface area (Å²) in [7, 11) is 2.02. The molecule has 2 heteroatoms. The standard InChI is InChI=1S/C12H14N2.C2H6/c1-9-5-4-6-11(7-9)12-8-14(3)10(2)13-12;1-2/h4-8H,1-3H3;1-2H3. The molecule has 0 fully saturated rings. The fraction of sp³-hybridized carbons (Fsp3) is 0.357. The highest BCUT2D eigenvalue weighted by Gasteiger charge is 2.03. The molecule has 0 saturated heterocycles. The molecule has 1 aromatic heterocycles. The quantitative estimate of drug-likeness (QED) is 0.710. The zero-order chi connectivity index (χ0) is 12.1. The zero-order valence-electron chi connectivity index (χ0n) is 10.8. The van der Waals surface area contributed by atoms with Gasteiger partial charge in [-0.3, -0.25) is 0 Å². The molecule has 0 spiro atoms. The van der Waals surface area contributed by atoms with E-state index in [4.69, 9.17) is 0 Å². The molecule has 16 heavy (non-hydrogen) atoms. The molecule has 0 bridgehead atoms. The van der Waals surface area contributed by atoms with Gasteiger partial charge in [-0.15, -0.1) is 0 Å². The minimum atomic E-state index is 1.04. The number of aryl methyl sites for hydroxylation is 3. The monoisotopic (exact) mass is 216 g/mol. The van der Waals surface area contributed by atoms with E-state index in [1.807, 2.05) is 32.4 Å². The molecular formula is C14H20N2. The van der Waals surface area contributed by atoms with E-state index in [2.05, 4.69) is 42.4 Å². The van der Waals surface area contributed by atoms with Gasteiger partial charge in [0.2, 0.25) is 0 Å². The lowest BCUT2D eigenvalue weighted by Gasteiger charge is -1.97. The van der Waals surface area contributed by atoms with Gasteiger partial charge in [0.25, 0.3) is 0 Å². The van der Waals surface area contributed by atoms with E-state index in [1.54, 1.807) is 0 Å². The topological polar surface area (TPSA) is 17.8 Å². The Morgan fingerprint density at radius 1 is 1.12 bits per heavy atom. The number of imidazole rings is 1. The largest absolute Gasteiger partial charge is 0.338 e. The van der Waals surface area contributed by atoms with Gasteiger partial charge in [0, 0.05) is 18.8 Å². The zero-order valence-corrected chi connectivity index (χ0v) is 10.8. The molecule has 2 nitrogen and oxygen atoms in total. The fourth-order valence-corrected chi connectivity index (χ4v) is 1.50. The van der Waals surface area contributed by atoms with Gasteiger partial charge in [-0.1, -0.05) is 37.6 Å². The van der Waals surface area contributed by atoms with E-state index < -0.39 is 0 Å². The average Bonchev–Trinajstić information content (AvgIpc) is 2.62. The molecule has 0 aliphatic rings. The smallest absolute Gasteiger partial charge is 0.105 e. The first-order valence-electron chi connectivity index (χ1n) is 5.74. The van der Waals surface area contributed by atoms with Crippen molar-refractivity contribution in [2.45, 2.75) is 27.7 Å².